The average molecular weight is 434 g/mol. The summed E-state index contributed by atoms with van der Waals surface area (Å²) in [6, 6.07) is 13.0. The van der Waals surface area contributed by atoms with E-state index in [1.165, 1.54) is 6.20 Å². The minimum atomic E-state index is -0.743. The van der Waals surface area contributed by atoms with Crippen molar-refractivity contribution in [2.24, 2.45) is 0 Å². The summed E-state index contributed by atoms with van der Waals surface area (Å²) in [5.74, 6) is -0.116. The number of rotatable bonds is 4. The highest BCUT2D eigenvalue weighted by molar-refractivity contribution is 6.30. The molecule has 156 valence electrons. The number of benzene rings is 1. The number of anilines is 1. The number of nitrogens with zero attached hydrogens (tertiary/aromatic N) is 4. The summed E-state index contributed by atoms with van der Waals surface area (Å²) in [6.45, 7) is 1.82. The van der Waals surface area contributed by atoms with E-state index in [0.717, 1.165) is 5.69 Å². The molecule has 2 aromatic heterocycles. The SMILES string of the molecule is Cc1c(C(=O)Nc2ccc(C3(C#N)CCC(=O)CC3)nc2)cnn1-c1ccc(Cl)cc1. The van der Waals surface area contributed by atoms with Gasteiger partial charge in [-0.2, -0.15) is 10.4 Å². The standard InChI is InChI=1S/C23H20ClN5O2/c1-15-20(13-27-29(15)18-5-2-16(24)3-6-18)22(31)28-17-4-7-21(26-12-17)23(14-25)10-8-19(30)9-11-23/h2-7,12-13H,8-11H2,1H3,(H,28,31). The highest BCUT2D eigenvalue weighted by atomic mass is 35.5. The van der Waals surface area contributed by atoms with Crippen LogP contribution in [0.4, 0.5) is 5.69 Å². The maximum Gasteiger partial charge on any atom is 0.259 e. The van der Waals surface area contributed by atoms with Gasteiger partial charge in [0.1, 0.15) is 11.2 Å². The van der Waals surface area contributed by atoms with Crippen molar-refractivity contribution in [2.75, 3.05) is 5.32 Å². The summed E-state index contributed by atoms with van der Waals surface area (Å²) in [5.41, 5.74) is 2.35. The van der Waals surface area contributed by atoms with Crippen LogP contribution in [0.3, 0.4) is 0 Å². The summed E-state index contributed by atoms with van der Waals surface area (Å²) < 4.78 is 1.67. The third-order valence-corrected chi connectivity index (χ3v) is 5.96. The zero-order valence-electron chi connectivity index (χ0n) is 16.9. The second kappa shape index (κ2) is 8.32. The maximum absolute atomic E-state index is 12.8. The van der Waals surface area contributed by atoms with E-state index >= 15 is 0 Å². The van der Waals surface area contributed by atoms with Gasteiger partial charge in [0.2, 0.25) is 0 Å². The number of nitriles is 1. The van der Waals surface area contributed by atoms with E-state index in [4.69, 9.17) is 11.6 Å². The number of pyridine rings is 1. The molecule has 8 heteroatoms. The van der Waals surface area contributed by atoms with Crippen molar-refractivity contribution in [3.8, 4) is 11.8 Å². The summed E-state index contributed by atoms with van der Waals surface area (Å²) in [4.78, 5) is 28.7. The third-order valence-electron chi connectivity index (χ3n) is 5.71. The lowest BCUT2D eigenvalue weighted by atomic mass is 9.72. The number of halogens is 1. The lowest BCUT2D eigenvalue weighted by Gasteiger charge is -2.29. The Morgan fingerprint density at radius 1 is 1.16 bits per heavy atom. The molecule has 0 spiro atoms. The Labute approximate surface area is 184 Å². The van der Waals surface area contributed by atoms with Crippen molar-refractivity contribution in [3.05, 3.63) is 70.8 Å². The van der Waals surface area contributed by atoms with Crippen LogP contribution in [-0.4, -0.2) is 26.5 Å². The number of amides is 1. The Morgan fingerprint density at radius 2 is 1.87 bits per heavy atom. The predicted molar refractivity (Wildman–Crippen MR) is 116 cm³/mol. The van der Waals surface area contributed by atoms with E-state index in [9.17, 15) is 14.9 Å². The predicted octanol–water partition coefficient (Wildman–Crippen LogP) is 4.39. The molecule has 7 nitrogen and oxygen atoms in total. The monoisotopic (exact) mass is 433 g/mol. The summed E-state index contributed by atoms with van der Waals surface area (Å²) in [5, 5.41) is 17.5. The molecule has 4 rings (SSSR count). The van der Waals surface area contributed by atoms with Gasteiger partial charge in [-0.1, -0.05) is 11.6 Å². The van der Waals surface area contributed by atoms with E-state index in [1.807, 2.05) is 19.1 Å². The molecule has 2 heterocycles. The number of ketones is 1. The third kappa shape index (κ3) is 4.07. The zero-order valence-corrected chi connectivity index (χ0v) is 17.7. The smallest absolute Gasteiger partial charge is 0.259 e. The largest absolute Gasteiger partial charge is 0.320 e. The van der Waals surface area contributed by atoms with Crippen LogP contribution in [0.1, 0.15) is 47.4 Å². The minimum absolute atomic E-state index is 0.185. The fourth-order valence-corrected chi connectivity index (χ4v) is 3.93. The average Bonchev–Trinajstić information content (AvgIpc) is 3.17. The molecule has 1 N–H and O–H groups in total. The molecule has 0 saturated heterocycles. The van der Waals surface area contributed by atoms with Crippen LogP contribution in [0.5, 0.6) is 0 Å². The quantitative estimate of drug-likeness (QED) is 0.657. The van der Waals surface area contributed by atoms with Gasteiger partial charge in [-0.3, -0.25) is 14.6 Å². The van der Waals surface area contributed by atoms with E-state index in [-0.39, 0.29) is 11.7 Å². The van der Waals surface area contributed by atoms with Gasteiger partial charge in [-0.05, 0) is 56.2 Å². The molecule has 1 aliphatic carbocycles. The molecule has 0 aliphatic heterocycles. The van der Waals surface area contributed by atoms with Gasteiger partial charge in [0.25, 0.3) is 5.91 Å². The number of nitrogens with one attached hydrogen (secondary N) is 1. The van der Waals surface area contributed by atoms with Gasteiger partial charge in [0.15, 0.2) is 0 Å². The van der Waals surface area contributed by atoms with Gasteiger partial charge in [-0.15, -0.1) is 0 Å². The Morgan fingerprint density at radius 3 is 2.48 bits per heavy atom. The van der Waals surface area contributed by atoms with Crippen LogP contribution in [0.2, 0.25) is 5.02 Å². The van der Waals surface area contributed by atoms with E-state index < -0.39 is 5.41 Å². The van der Waals surface area contributed by atoms with Crippen molar-refractivity contribution >= 4 is 29.0 Å². The first-order chi connectivity index (χ1) is 14.9. The molecule has 1 aliphatic rings. The summed E-state index contributed by atoms with van der Waals surface area (Å²) in [7, 11) is 0. The number of aromatic nitrogens is 3. The van der Waals surface area contributed by atoms with Crippen molar-refractivity contribution in [3.63, 3.8) is 0 Å². The molecule has 1 amide bonds. The van der Waals surface area contributed by atoms with Crippen LogP contribution in [0, 0.1) is 18.3 Å². The van der Waals surface area contributed by atoms with E-state index in [2.05, 4.69) is 21.5 Å². The molecule has 0 radical (unpaired) electrons. The topological polar surface area (TPSA) is 101 Å². The van der Waals surface area contributed by atoms with Crippen LogP contribution < -0.4 is 5.32 Å². The zero-order chi connectivity index (χ0) is 22.0. The number of carbonyl (C=O) groups is 2. The van der Waals surface area contributed by atoms with Crippen LogP contribution in [-0.2, 0) is 10.2 Å². The molecular weight excluding hydrogens is 414 g/mol. The fourth-order valence-electron chi connectivity index (χ4n) is 3.81. The van der Waals surface area contributed by atoms with Crippen LogP contribution >= 0.6 is 11.6 Å². The van der Waals surface area contributed by atoms with Gasteiger partial charge in [0, 0.05) is 17.9 Å². The first kappa shape index (κ1) is 20.8. The van der Waals surface area contributed by atoms with Crippen molar-refractivity contribution < 1.29 is 9.59 Å². The molecule has 3 aromatic rings. The highest BCUT2D eigenvalue weighted by Crippen LogP contribution is 2.37. The van der Waals surface area contributed by atoms with Crippen molar-refractivity contribution in [2.45, 2.75) is 38.0 Å². The molecule has 0 atom stereocenters. The van der Waals surface area contributed by atoms with Gasteiger partial charge in [0.05, 0.1) is 46.8 Å². The number of hydrogen-bond acceptors (Lipinski definition) is 5. The Hall–Kier alpha value is -3.50. The summed E-state index contributed by atoms with van der Waals surface area (Å²) >= 11 is 5.94. The Bertz CT molecular complexity index is 1170. The molecule has 0 bridgehead atoms. The Balaban J connectivity index is 1.50. The normalized spacial score (nSPS) is 15.3. The first-order valence-corrected chi connectivity index (χ1v) is 10.3. The van der Waals surface area contributed by atoms with E-state index in [0.29, 0.717) is 53.3 Å². The fraction of sp³-hybridized carbons (Fsp3) is 0.261. The van der Waals surface area contributed by atoms with Crippen molar-refractivity contribution in [1.29, 1.82) is 5.26 Å². The lowest BCUT2D eigenvalue weighted by molar-refractivity contribution is -0.121. The molecule has 0 unspecified atom stereocenters. The van der Waals surface area contributed by atoms with Crippen LogP contribution in [0.15, 0.2) is 48.8 Å². The molecule has 1 saturated carbocycles. The molecule has 31 heavy (non-hydrogen) atoms. The minimum Gasteiger partial charge on any atom is -0.320 e. The van der Waals surface area contributed by atoms with Gasteiger partial charge in [-0.25, -0.2) is 4.68 Å². The number of hydrogen-bond donors (Lipinski definition) is 1. The second-order valence-corrected chi connectivity index (χ2v) is 8.09. The second-order valence-electron chi connectivity index (χ2n) is 7.65. The highest BCUT2D eigenvalue weighted by Gasteiger charge is 2.37. The van der Waals surface area contributed by atoms with Gasteiger partial charge >= 0.3 is 0 Å². The van der Waals surface area contributed by atoms with Crippen molar-refractivity contribution in [1.82, 2.24) is 14.8 Å². The molecular formula is C23H20ClN5O2. The number of Topliss-reactive ketones (excluding diaryl/α,β-unsaturated/α-hetero) is 1. The Kier molecular flexibility index (Phi) is 5.57. The van der Waals surface area contributed by atoms with E-state index in [1.54, 1.807) is 35.1 Å². The summed E-state index contributed by atoms with van der Waals surface area (Å²) in [6.07, 6.45) is 4.80. The molecule has 1 aromatic carbocycles. The van der Waals surface area contributed by atoms with Crippen LogP contribution in [0.25, 0.3) is 5.69 Å². The number of carbonyl (C=O) groups excluding carboxylic acids is 2. The maximum atomic E-state index is 12.8. The first-order valence-electron chi connectivity index (χ1n) is 9.93. The van der Waals surface area contributed by atoms with Gasteiger partial charge < -0.3 is 5.32 Å². The molecule has 1 fully saturated rings. The lowest BCUT2D eigenvalue weighted by Crippen LogP contribution is -2.31.